The average molecular weight is 258 g/mol. The molecule has 0 unspecified atom stereocenters. The van der Waals surface area contributed by atoms with Crippen LogP contribution < -0.4 is 10.6 Å². The minimum absolute atomic E-state index is 0.0152. The quantitative estimate of drug-likeness (QED) is 0.741. The number of aliphatic hydroxyl groups is 1. The van der Waals surface area contributed by atoms with E-state index in [1.807, 2.05) is 20.8 Å². The summed E-state index contributed by atoms with van der Waals surface area (Å²) in [4.78, 5) is 11.6. The first kappa shape index (κ1) is 13.9. The van der Waals surface area contributed by atoms with Gasteiger partial charge in [-0.1, -0.05) is 25.2 Å². The van der Waals surface area contributed by atoms with Crippen molar-refractivity contribution in [1.29, 1.82) is 0 Å². The summed E-state index contributed by atoms with van der Waals surface area (Å²) in [6, 6.07) is -0.421. The van der Waals surface area contributed by atoms with Gasteiger partial charge in [-0.05, 0) is 19.3 Å². The molecule has 0 bridgehead atoms. The van der Waals surface area contributed by atoms with Crippen molar-refractivity contribution in [1.82, 2.24) is 15.5 Å². The van der Waals surface area contributed by atoms with E-state index >= 15 is 0 Å². The molecule has 0 radical (unpaired) electrons. The average Bonchev–Trinajstić information content (AvgIpc) is 2.75. The molecule has 2 amide bonds. The molecule has 3 N–H and O–H groups in total. The van der Waals surface area contributed by atoms with Crippen molar-refractivity contribution >= 4 is 22.5 Å². The molecule has 2 atom stereocenters. The van der Waals surface area contributed by atoms with Crippen LogP contribution in [0.15, 0.2) is 0 Å². The molecule has 6 nitrogen and oxygen atoms in total. The summed E-state index contributed by atoms with van der Waals surface area (Å²) in [6.07, 6.45) is 0.804. The molecule has 0 saturated carbocycles. The maximum atomic E-state index is 11.6. The first-order valence-electron chi connectivity index (χ1n) is 5.57. The molecular weight excluding hydrogens is 240 g/mol. The van der Waals surface area contributed by atoms with E-state index < -0.39 is 0 Å². The lowest BCUT2D eigenvalue weighted by atomic mass is 10.1. The van der Waals surface area contributed by atoms with Gasteiger partial charge in [-0.3, -0.25) is 5.32 Å². The number of anilines is 1. The van der Waals surface area contributed by atoms with Gasteiger partial charge in [0.05, 0.1) is 0 Å². The summed E-state index contributed by atoms with van der Waals surface area (Å²) >= 11 is 1.36. The molecule has 1 heterocycles. The van der Waals surface area contributed by atoms with Crippen molar-refractivity contribution in [3.05, 3.63) is 5.01 Å². The van der Waals surface area contributed by atoms with Gasteiger partial charge in [-0.2, -0.15) is 0 Å². The minimum Gasteiger partial charge on any atom is -0.396 e. The van der Waals surface area contributed by atoms with Crippen LogP contribution in [0.1, 0.15) is 25.8 Å². The Bertz CT molecular complexity index is 369. The highest BCUT2D eigenvalue weighted by Crippen LogP contribution is 2.15. The number of hydrogen-bond donors (Lipinski definition) is 3. The van der Waals surface area contributed by atoms with E-state index in [0.717, 1.165) is 11.4 Å². The van der Waals surface area contributed by atoms with Crippen molar-refractivity contribution in [2.24, 2.45) is 5.92 Å². The lowest BCUT2D eigenvalue weighted by Gasteiger charge is -2.18. The molecule has 1 aromatic rings. The summed E-state index contributed by atoms with van der Waals surface area (Å²) in [5, 5.41) is 23.4. The van der Waals surface area contributed by atoms with Gasteiger partial charge in [-0.25, -0.2) is 4.79 Å². The van der Waals surface area contributed by atoms with Crippen LogP contribution in [0.25, 0.3) is 0 Å². The van der Waals surface area contributed by atoms with E-state index in [9.17, 15) is 4.79 Å². The predicted molar refractivity (Wildman–Crippen MR) is 67.2 cm³/mol. The van der Waals surface area contributed by atoms with Gasteiger partial charge < -0.3 is 10.4 Å². The Morgan fingerprint density at radius 3 is 2.71 bits per heavy atom. The molecule has 1 rings (SSSR count). The number of nitrogens with zero attached hydrogens (tertiary/aromatic N) is 2. The van der Waals surface area contributed by atoms with Crippen molar-refractivity contribution in [3.8, 4) is 0 Å². The second-order valence-electron chi connectivity index (χ2n) is 3.90. The van der Waals surface area contributed by atoms with Crippen molar-refractivity contribution < 1.29 is 9.90 Å². The van der Waals surface area contributed by atoms with Gasteiger partial charge in [0.25, 0.3) is 0 Å². The van der Waals surface area contributed by atoms with Crippen LogP contribution in [0, 0.1) is 5.92 Å². The Hall–Kier alpha value is -1.21. The fourth-order valence-electron chi connectivity index (χ4n) is 1.09. The molecule has 0 aliphatic heterocycles. The highest BCUT2D eigenvalue weighted by atomic mass is 32.1. The largest absolute Gasteiger partial charge is 0.396 e. The van der Waals surface area contributed by atoms with E-state index in [2.05, 4.69) is 20.8 Å². The molecule has 0 fully saturated rings. The molecule has 17 heavy (non-hydrogen) atoms. The first-order valence-corrected chi connectivity index (χ1v) is 6.39. The summed E-state index contributed by atoms with van der Waals surface area (Å²) in [6.45, 7) is 5.73. The molecule has 1 aromatic heterocycles. The molecular formula is C10H18N4O2S. The van der Waals surface area contributed by atoms with E-state index in [4.69, 9.17) is 5.11 Å². The number of hydrogen-bond acceptors (Lipinski definition) is 5. The molecule has 7 heteroatoms. The topological polar surface area (TPSA) is 87.1 Å². The number of rotatable bonds is 5. The Balaban J connectivity index is 2.44. The highest BCUT2D eigenvalue weighted by Gasteiger charge is 2.14. The number of aromatic nitrogens is 2. The van der Waals surface area contributed by atoms with Crippen LogP contribution in [0.5, 0.6) is 0 Å². The number of aliphatic hydroxyl groups excluding tert-OH is 1. The second kappa shape index (κ2) is 6.51. The monoisotopic (exact) mass is 258 g/mol. The lowest BCUT2D eigenvalue weighted by molar-refractivity contribution is 0.204. The number of nitrogens with one attached hydrogen (secondary N) is 2. The Kier molecular flexibility index (Phi) is 5.30. The van der Waals surface area contributed by atoms with Gasteiger partial charge in [0.2, 0.25) is 5.13 Å². The van der Waals surface area contributed by atoms with Gasteiger partial charge in [-0.15, -0.1) is 10.2 Å². The number of amides is 2. The Morgan fingerprint density at radius 1 is 1.47 bits per heavy atom. The highest BCUT2D eigenvalue weighted by molar-refractivity contribution is 7.15. The van der Waals surface area contributed by atoms with E-state index in [1.54, 1.807) is 0 Å². The van der Waals surface area contributed by atoms with Crippen molar-refractivity contribution in [3.63, 3.8) is 0 Å². The van der Waals surface area contributed by atoms with E-state index in [1.165, 1.54) is 11.3 Å². The zero-order chi connectivity index (χ0) is 12.8. The Labute approximate surface area is 104 Å². The standard InChI is InChI=1S/C10H18N4O2S/c1-4-8-13-14-10(17-8)12-9(16)11-7(3)6(2)5-15/h6-7,15H,4-5H2,1-3H3,(H2,11,12,14,16)/t6-,7-/m1/s1. The van der Waals surface area contributed by atoms with Crippen LogP contribution in [0.2, 0.25) is 0 Å². The molecule has 0 spiro atoms. The third kappa shape index (κ3) is 4.27. The maximum Gasteiger partial charge on any atom is 0.321 e. The number of carbonyl (C=O) groups is 1. The van der Waals surface area contributed by atoms with Crippen molar-refractivity contribution in [2.75, 3.05) is 11.9 Å². The van der Waals surface area contributed by atoms with Crippen LogP contribution in [-0.2, 0) is 6.42 Å². The number of urea groups is 1. The molecule has 0 saturated heterocycles. The van der Waals surface area contributed by atoms with Crippen molar-refractivity contribution in [2.45, 2.75) is 33.2 Å². The third-order valence-corrected chi connectivity index (χ3v) is 3.47. The van der Waals surface area contributed by atoms with E-state index in [-0.39, 0.29) is 24.6 Å². The van der Waals surface area contributed by atoms with Crippen LogP contribution in [0.4, 0.5) is 9.93 Å². The first-order chi connectivity index (χ1) is 8.06. The molecule has 96 valence electrons. The smallest absolute Gasteiger partial charge is 0.321 e. The summed E-state index contributed by atoms with van der Waals surface area (Å²) in [5.74, 6) is 0.0152. The normalized spacial score (nSPS) is 14.1. The van der Waals surface area contributed by atoms with Gasteiger partial charge in [0, 0.05) is 12.6 Å². The Morgan fingerprint density at radius 2 is 2.18 bits per heavy atom. The summed E-state index contributed by atoms with van der Waals surface area (Å²) in [5.41, 5.74) is 0. The zero-order valence-corrected chi connectivity index (χ0v) is 11.0. The molecule has 0 aliphatic rings. The van der Waals surface area contributed by atoms with Gasteiger partial charge in [0.15, 0.2) is 0 Å². The molecule has 0 aliphatic carbocycles. The maximum absolute atomic E-state index is 11.6. The van der Waals surface area contributed by atoms with Gasteiger partial charge >= 0.3 is 6.03 Å². The minimum atomic E-state index is -0.323. The van der Waals surface area contributed by atoms with Crippen LogP contribution >= 0.6 is 11.3 Å². The fourth-order valence-corrected chi connectivity index (χ4v) is 1.76. The lowest BCUT2D eigenvalue weighted by Crippen LogP contribution is -2.40. The van der Waals surface area contributed by atoms with Crippen LogP contribution in [-0.4, -0.2) is 34.0 Å². The fraction of sp³-hybridized carbons (Fsp3) is 0.700. The molecule has 0 aromatic carbocycles. The predicted octanol–water partition coefficient (Wildman–Crippen LogP) is 1.24. The van der Waals surface area contributed by atoms with Crippen LogP contribution in [0.3, 0.4) is 0 Å². The number of carbonyl (C=O) groups excluding carboxylic acids is 1. The number of aryl methyl sites for hydroxylation is 1. The summed E-state index contributed by atoms with van der Waals surface area (Å²) in [7, 11) is 0. The SMILES string of the molecule is CCc1nnc(NC(=O)N[C@H](C)[C@H](C)CO)s1. The van der Waals surface area contributed by atoms with E-state index in [0.29, 0.717) is 5.13 Å². The van der Waals surface area contributed by atoms with Gasteiger partial charge in [0.1, 0.15) is 5.01 Å². The second-order valence-corrected chi connectivity index (χ2v) is 4.96. The summed E-state index contributed by atoms with van der Waals surface area (Å²) < 4.78 is 0. The third-order valence-electron chi connectivity index (χ3n) is 2.49. The zero-order valence-electron chi connectivity index (χ0n) is 10.2.